The van der Waals surface area contributed by atoms with Crippen LogP contribution in [0.25, 0.3) is 0 Å². The summed E-state index contributed by atoms with van der Waals surface area (Å²) in [7, 11) is 0. The molecule has 0 aliphatic carbocycles. The highest BCUT2D eigenvalue weighted by atomic mass is 16.3. The van der Waals surface area contributed by atoms with E-state index in [9.17, 15) is 0 Å². The van der Waals surface area contributed by atoms with Crippen LogP contribution in [0.3, 0.4) is 0 Å². The summed E-state index contributed by atoms with van der Waals surface area (Å²) in [6, 6.07) is 0. The summed E-state index contributed by atoms with van der Waals surface area (Å²) in [4.78, 5) is 2.48. The maximum Gasteiger partial charge on any atom is 0.0443 e. The third kappa shape index (κ3) is 3.11. The quantitative estimate of drug-likeness (QED) is 0.693. The standard InChI is InChI=1S/C10H21NO/c1-9-6-10(2)8-11(7-9)4-3-5-12/h9-10,12H,3-8H2,1-2H3. The number of hydrogen-bond acceptors (Lipinski definition) is 2. The molecule has 0 aromatic rings. The van der Waals surface area contributed by atoms with Crippen LogP contribution < -0.4 is 0 Å². The average molecular weight is 171 g/mol. The Morgan fingerprint density at radius 2 is 1.83 bits per heavy atom. The molecule has 1 heterocycles. The van der Waals surface area contributed by atoms with Gasteiger partial charge in [0.1, 0.15) is 0 Å². The van der Waals surface area contributed by atoms with E-state index in [2.05, 4.69) is 18.7 Å². The van der Waals surface area contributed by atoms with Crippen molar-refractivity contribution in [3.63, 3.8) is 0 Å². The Balaban J connectivity index is 2.24. The number of hydrogen-bond donors (Lipinski definition) is 1. The van der Waals surface area contributed by atoms with E-state index in [0.29, 0.717) is 6.61 Å². The number of rotatable bonds is 3. The van der Waals surface area contributed by atoms with E-state index in [4.69, 9.17) is 5.11 Å². The lowest BCUT2D eigenvalue weighted by Gasteiger charge is -2.34. The van der Waals surface area contributed by atoms with Crippen molar-refractivity contribution in [2.24, 2.45) is 11.8 Å². The van der Waals surface area contributed by atoms with Gasteiger partial charge in [-0.2, -0.15) is 0 Å². The Hall–Kier alpha value is -0.0800. The van der Waals surface area contributed by atoms with Crippen LogP contribution in [0, 0.1) is 11.8 Å². The summed E-state index contributed by atoms with van der Waals surface area (Å²) in [6.07, 6.45) is 2.30. The third-order valence-corrected chi connectivity index (χ3v) is 2.58. The van der Waals surface area contributed by atoms with E-state index in [1.165, 1.54) is 19.5 Å². The SMILES string of the molecule is CC1CC(C)CN(CCCO)C1. The molecule has 1 aliphatic rings. The van der Waals surface area contributed by atoms with Gasteiger partial charge in [-0.05, 0) is 24.7 Å². The second-order valence-electron chi connectivity index (χ2n) is 4.28. The fourth-order valence-electron chi connectivity index (χ4n) is 2.27. The molecule has 0 aromatic carbocycles. The molecule has 1 N–H and O–H groups in total. The van der Waals surface area contributed by atoms with Gasteiger partial charge in [0.15, 0.2) is 0 Å². The molecule has 0 radical (unpaired) electrons. The molecule has 0 aromatic heterocycles. The van der Waals surface area contributed by atoms with Crippen molar-refractivity contribution < 1.29 is 5.11 Å². The maximum absolute atomic E-state index is 8.70. The van der Waals surface area contributed by atoms with E-state index in [1.807, 2.05) is 0 Å². The van der Waals surface area contributed by atoms with Gasteiger partial charge in [-0.3, -0.25) is 0 Å². The number of piperidine rings is 1. The van der Waals surface area contributed by atoms with Gasteiger partial charge in [0.2, 0.25) is 0 Å². The van der Waals surface area contributed by atoms with Crippen LogP contribution in [0.1, 0.15) is 26.7 Å². The largest absolute Gasteiger partial charge is 0.396 e. The highest BCUT2D eigenvalue weighted by molar-refractivity contribution is 4.74. The molecule has 1 rings (SSSR count). The zero-order valence-electron chi connectivity index (χ0n) is 8.29. The molecule has 72 valence electrons. The van der Waals surface area contributed by atoms with E-state index in [1.54, 1.807) is 0 Å². The lowest BCUT2D eigenvalue weighted by Crippen LogP contribution is -2.39. The zero-order valence-corrected chi connectivity index (χ0v) is 8.29. The first-order valence-electron chi connectivity index (χ1n) is 5.05. The fraction of sp³-hybridized carbons (Fsp3) is 1.00. The maximum atomic E-state index is 8.70. The molecule has 0 amide bonds. The van der Waals surface area contributed by atoms with Crippen LogP contribution in [0.5, 0.6) is 0 Å². The smallest absolute Gasteiger partial charge is 0.0443 e. The van der Waals surface area contributed by atoms with Gasteiger partial charge in [-0.15, -0.1) is 0 Å². The molecular formula is C10H21NO. The lowest BCUT2D eigenvalue weighted by molar-refractivity contribution is 0.130. The van der Waals surface area contributed by atoms with Crippen LogP contribution in [0.2, 0.25) is 0 Å². The minimum Gasteiger partial charge on any atom is -0.396 e. The van der Waals surface area contributed by atoms with Crippen molar-refractivity contribution >= 4 is 0 Å². The second-order valence-corrected chi connectivity index (χ2v) is 4.28. The molecular weight excluding hydrogens is 150 g/mol. The first kappa shape index (κ1) is 10.0. The first-order chi connectivity index (χ1) is 5.72. The Morgan fingerprint density at radius 3 is 2.33 bits per heavy atom. The Labute approximate surface area is 75.6 Å². The zero-order chi connectivity index (χ0) is 8.97. The van der Waals surface area contributed by atoms with E-state index in [-0.39, 0.29) is 0 Å². The summed E-state index contributed by atoms with van der Waals surface area (Å²) in [6.45, 7) is 8.50. The summed E-state index contributed by atoms with van der Waals surface area (Å²) < 4.78 is 0. The van der Waals surface area contributed by atoms with Crippen molar-refractivity contribution in [2.75, 3.05) is 26.2 Å². The summed E-state index contributed by atoms with van der Waals surface area (Å²) in [5.74, 6) is 1.68. The molecule has 2 atom stereocenters. The molecule has 0 spiro atoms. The monoisotopic (exact) mass is 171 g/mol. The highest BCUT2D eigenvalue weighted by Gasteiger charge is 2.20. The minimum absolute atomic E-state index is 0.333. The highest BCUT2D eigenvalue weighted by Crippen LogP contribution is 2.20. The number of likely N-dealkylation sites (tertiary alicyclic amines) is 1. The van der Waals surface area contributed by atoms with Crippen molar-refractivity contribution in [3.8, 4) is 0 Å². The molecule has 1 aliphatic heterocycles. The topological polar surface area (TPSA) is 23.5 Å². The van der Waals surface area contributed by atoms with E-state index >= 15 is 0 Å². The Bertz CT molecular complexity index is 117. The molecule has 2 nitrogen and oxygen atoms in total. The van der Waals surface area contributed by atoms with Gasteiger partial charge in [0.05, 0.1) is 0 Å². The normalized spacial score (nSPS) is 32.2. The number of nitrogens with zero attached hydrogens (tertiary/aromatic N) is 1. The average Bonchev–Trinajstić information content (AvgIpc) is 1.99. The Kier molecular flexibility index (Phi) is 4.02. The van der Waals surface area contributed by atoms with Gasteiger partial charge in [-0.25, -0.2) is 0 Å². The van der Waals surface area contributed by atoms with Crippen molar-refractivity contribution in [1.82, 2.24) is 4.90 Å². The summed E-state index contributed by atoms with van der Waals surface area (Å²) >= 11 is 0. The van der Waals surface area contributed by atoms with E-state index in [0.717, 1.165) is 24.8 Å². The molecule has 2 heteroatoms. The minimum atomic E-state index is 0.333. The summed E-state index contributed by atoms with van der Waals surface area (Å²) in [5.41, 5.74) is 0. The molecule has 1 fully saturated rings. The van der Waals surface area contributed by atoms with Crippen LogP contribution in [-0.4, -0.2) is 36.2 Å². The third-order valence-electron chi connectivity index (χ3n) is 2.58. The number of aliphatic hydroxyl groups excluding tert-OH is 1. The lowest BCUT2D eigenvalue weighted by atomic mass is 9.92. The predicted molar refractivity (Wildman–Crippen MR) is 51.1 cm³/mol. The first-order valence-corrected chi connectivity index (χ1v) is 5.05. The van der Waals surface area contributed by atoms with Crippen molar-refractivity contribution in [2.45, 2.75) is 26.7 Å². The van der Waals surface area contributed by atoms with Crippen molar-refractivity contribution in [3.05, 3.63) is 0 Å². The predicted octanol–water partition coefficient (Wildman–Crippen LogP) is 1.35. The van der Waals surface area contributed by atoms with Gasteiger partial charge >= 0.3 is 0 Å². The second kappa shape index (κ2) is 4.83. The molecule has 1 saturated heterocycles. The van der Waals surface area contributed by atoms with Crippen molar-refractivity contribution in [1.29, 1.82) is 0 Å². The van der Waals surface area contributed by atoms with Gasteiger partial charge < -0.3 is 10.0 Å². The Morgan fingerprint density at radius 1 is 1.25 bits per heavy atom. The molecule has 0 bridgehead atoms. The van der Waals surface area contributed by atoms with Gasteiger partial charge in [0.25, 0.3) is 0 Å². The fourth-order valence-corrected chi connectivity index (χ4v) is 2.27. The van der Waals surface area contributed by atoms with Gasteiger partial charge in [-0.1, -0.05) is 13.8 Å². The number of aliphatic hydroxyl groups is 1. The van der Waals surface area contributed by atoms with E-state index < -0.39 is 0 Å². The van der Waals surface area contributed by atoms with Gasteiger partial charge in [0, 0.05) is 26.2 Å². The van der Waals surface area contributed by atoms with Crippen LogP contribution >= 0.6 is 0 Å². The molecule has 2 unspecified atom stereocenters. The van der Waals surface area contributed by atoms with Crippen LogP contribution in [-0.2, 0) is 0 Å². The van der Waals surface area contributed by atoms with Crippen LogP contribution in [0.4, 0.5) is 0 Å². The molecule has 0 saturated carbocycles. The van der Waals surface area contributed by atoms with Crippen LogP contribution in [0.15, 0.2) is 0 Å². The molecule has 12 heavy (non-hydrogen) atoms. The summed E-state index contributed by atoms with van der Waals surface area (Å²) in [5, 5.41) is 8.70.